The number of ether oxygens (including phenoxy) is 2. The Morgan fingerprint density at radius 3 is 2.48 bits per heavy atom. The van der Waals surface area contributed by atoms with Crippen molar-refractivity contribution in [2.24, 2.45) is 0 Å². The number of sulfonamides is 1. The van der Waals surface area contributed by atoms with E-state index < -0.39 is 21.8 Å². The second-order valence-electron chi connectivity index (χ2n) is 5.94. The van der Waals surface area contributed by atoms with E-state index in [2.05, 4.69) is 31.5 Å². The molecular formula is C18H18BrN3O6S. The summed E-state index contributed by atoms with van der Waals surface area (Å²) in [6.45, 7) is 0.604. The van der Waals surface area contributed by atoms with E-state index in [-0.39, 0.29) is 17.9 Å². The van der Waals surface area contributed by atoms with Crippen LogP contribution in [-0.4, -0.2) is 40.0 Å². The van der Waals surface area contributed by atoms with Gasteiger partial charge in [0.1, 0.15) is 13.2 Å². The molecule has 0 spiro atoms. The number of carbonyl (C=O) groups excluding carboxylic acids is 2. The molecule has 0 atom stereocenters. The molecule has 0 saturated carbocycles. The van der Waals surface area contributed by atoms with Gasteiger partial charge in [-0.1, -0.05) is 12.1 Å². The van der Waals surface area contributed by atoms with Gasteiger partial charge in [-0.2, -0.15) is 0 Å². The van der Waals surface area contributed by atoms with Gasteiger partial charge in [-0.25, -0.2) is 13.1 Å². The molecular weight excluding hydrogens is 466 g/mol. The number of benzene rings is 2. The van der Waals surface area contributed by atoms with E-state index >= 15 is 0 Å². The van der Waals surface area contributed by atoms with Crippen molar-refractivity contribution in [2.45, 2.75) is 11.3 Å². The fourth-order valence-electron chi connectivity index (χ4n) is 2.47. The maximum absolute atomic E-state index is 12.4. The maximum atomic E-state index is 12.4. The number of hydrogen-bond donors (Lipinski definition) is 3. The van der Waals surface area contributed by atoms with Gasteiger partial charge in [0.2, 0.25) is 15.9 Å². The van der Waals surface area contributed by atoms with E-state index in [9.17, 15) is 18.0 Å². The highest BCUT2D eigenvalue weighted by atomic mass is 79.9. The summed E-state index contributed by atoms with van der Waals surface area (Å²) in [5, 5.41) is 0. The Hall–Kier alpha value is -2.63. The molecule has 9 nitrogen and oxygen atoms in total. The van der Waals surface area contributed by atoms with Gasteiger partial charge in [-0.3, -0.25) is 20.4 Å². The molecule has 1 aliphatic rings. The van der Waals surface area contributed by atoms with Crippen molar-refractivity contribution in [3.8, 4) is 11.5 Å². The molecule has 1 aliphatic heterocycles. The Kier molecular flexibility index (Phi) is 6.72. The minimum atomic E-state index is -3.83. The van der Waals surface area contributed by atoms with Gasteiger partial charge in [0.05, 0.1) is 10.5 Å². The lowest BCUT2D eigenvalue weighted by molar-refractivity contribution is -0.121. The van der Waals surface area contributed by atoms with Gasteiger partial charge >= 0.3 is 0 Å². The smallest absolute Gasteiger partial charge is 0.270 e. The van der Waals surface area contributed by atoms with E-state index in [1.807, 2.05) is 0 Å². The third kappa shape index (κ3) is 5.46. The lowest BCUT2D eigenvalue weighted by atomic mass is 10.2. The van der Waals surface area contributed by atoms with Crippen molar-refractivity contribution < 1.29 is 27.5 Å². The molecule has 154 valence electrons. The molecule has 0 aromatic heterocycles. The Bertz CT molecular complexity index is 1030. The molecule has 11 heteroatoms. The molecule has 0 unspecified atom stereocenters. The van der Waals surface area contributed by atoms with E-state index in [1.165, 1.54) is 18.2 Å². The van der Waals surface area contributed by atoms with Gasteiger partial charge in [-0.15, -0.1) is 0 Å². The zero-order valence-corrected chi connectivity index (χ0v) is 17.5. The van der Waals surface area contributed by atoms with Crippen LogP contribution in [0.4, 0.5) is 0 Å². The molecule has 0 bridgehead atoms. The van der Waals surface area contributed by atoms with Crippen LogP contribution in [0.2, 0.25) is 0 Å². The average molecular weight is 484 g/mol. The van der Waals surface area contributed by atoms with Crippen LogP contribution >= 0.6 is 15.9 Å². The van der Waals surface area contributed by atoms with Crippen molar-refractivity contribution in [3.63, 3.8) is 0 Å². The topological polar surface area (TPSA) is 123 Å². The van der Waals surface area contributed by atoms with Crippen LogP contribution in [0.3, 0.4) is 0 Å². The first-order valence-electron chi connectivity index (χ1n) is 8.60. The number of rotatable bonds is 6. The largest absolute Gasteiger partial charge is 0.486 e. The molecule has 3 rings (SSSR count). The number of carbonyl (C=O) groups is 2. The SMILES string of the molecule is O=C(CCNS(=O)(=O)c1ccc2c(c1)OCCO2)NNC(=O)c1ccccc1Br. The standard InChI is InChI=1S/C18H18BrN3O6S/c19-14-4-2-1-3-13(14)18(24)22-21-17(23)7-8-20-29(25,26)12-5-6-15-16(11-12)28-10-9-27-15/h1-6,11,20H,7-10H2,(H,21,23)(H,22,24). The molecule has 0 radical (unpaired) electrons. The van der Waals surface area contributed by atoms with Crippen LogP contribution in [0, 0.1) is 0 Å². The van der Waals surface area contributed by atoms with Crippen LogP contribution in [0.5, 0.6) is 11.5 Å². The first kappa shape index (κ1) is 21.1. The first-order chi connectivity index (χ1) is 13.9. The number of fused-ring (bicyclic) bond motifs is 1. The summed E-state index contributed by atoms with van der Waals surface area (Å²) >= 11 is 3.25. The van der Waals surface area contributed by atoms with Crippen molar-refractivity contribution >= 4 is 37.8 Å². The van der Waals surface area contributed by atoms with Crippen LogP contribution in [0.25, 0.3) is 0 Å². The molecule has 2 aromatic rings. The fraction of sp³-hybridized carbons (Fsp3) is 0.222. The lowest BCUT2D eigenvalue weighted by Crippen LogP contribution is -2.42. The predicted octanol–water partition coefficient (Wildman–Crippen LogP) is 1.35. The highest BCUT2D eigenvalue weighted by Gasteiger charge is 2.19. The maximum Gasteiger partial charge on any atom is 0.270 e. The third-order valence-electron chi connectivity index (χ3n) is 3.90. The quantitative estimate of drug-likeness (QED) is 0.532. The van der Waals surface area contributed by atoms with Crippen molar-refractivity contribution in [1.82, 2.24) is 15.6 Å². The Labute approximate surface area is 175 Å². The summed E-state index contributed by atoms with van der Waals surface area (Å²) in [5.41, 5.74) is 4.88. The lowest BCUT2D eigenvalue weighted by Gasteiger charge is -2.18. The Balaban J connectivity index is 1.48. The van der Waals surface area contributed by atoms with Gasteiger partial charge in [0, 0.05) is 23.5 Å². The Morgan fingerprint density at radius 2 is 1.72 bits per heavy atom. The van der Waals surface area contributed by atoms with E-state index in [1.54, 1.807) is 24.3 Å². The van der Waals surface area contributed by atoms with E-state index in [4.69, 9.17) is 9.47 Å². The number of hydrogen-bond acceptors (Lipinski definition) is 6. The summed E-state index contributed by atoms with van der Waals surface area (Å²) in [7, 11) is -3.83. The van der Waals surface area contributed by atoms with E-state index in [0.29, 0.717) is 34.7 Å². The van der Waals surface area contributed by atoms with Gasteiger partial charge < -0.3 is 9.47 Å². The van der Waals surface area contributed by atoms with Gasteiger partial charge in [-0.05, 0) is 40.2 Å². The number of nitrogens with one attached hydrogen (secondary N) is 3. The molecule has 29 heavy (non-hydrogen) atoms. The summed E-state index contributed by atoms with van der Waals surface area (Å²) < 4.78 is 38.4. The first-order valence-corrected chi connectivity index (χ1v) is 10.9. The zero-order chi connectivity index (χ0) is 20.9. The highest BCUT2D eigenvalue weighted by Crippen LogP contribution is 2.32. The summed E-state index contributed by atoms with van der Waals surface area (Å²) in [6.07, 6.45) is -0.167. The predicted molar refractivity (Wildman–Crippen MR) is 107 cm³/mol. The summed E-state index contributed by atoms with van der Waals surface area (Å²) in [5.74, 6) is -0.208. The molecule has 0 aliphatic carbocycles. The molecule has 0 fully saturated rings. The molecule has 3 N–H and O–H groups in total. The fourth-order valence-corrected chi connectivity index (χ4v) is 3.99. The van der Waals surface area contributed by atoms with Crippen LogP contribution in [0.15, 0.2) is 51.8 Å². The van der Waals surface area contributed by atoms with Crippen molar-refractivity contribution in [1.29, 1.82) is 0 Å². The van der Waals surface area contributed by atoms with Crippen molar-refractivity contribution in [2.75, 3.05) is 19.8 Å². The molecule has 1 heterocycles. The molecule has 2 aromatic carbocycles. The molecule has 0 saturated heterocycles. The monoisotopic (exact) mass is 483 g/mol. The zero-order valence-electron chi connectivity index (χ0n) is 15.1. The number of hydrazine groups is 1. The highest BCUT2D eigenvalue weighted by molar-refractivity contribution is 9.10. The summed E-state index contributed by atoms with van der Waals surface area (Å²) in [4.78, 5) is 23.9. The van der Waals surface area contributed by atoms with E-state index in [0.717, 1.165) is 0 Å². The number of amides is 2. The minimum absolute atomic E-state index is 0.00406. The summed E-state index contributed by atoms with van der Waals surface area (Å²) in [6, 6.07) is 11.0. The second-order valence-corrected chi connectivity index (χ2v) is 8.56. The van der Waals surface area contributed by atoms with Crippen molar-refractivity contribution in [3.05, 3.63) is 52.5 Å². The van der Waals surface area contributed by atoms with Crippen LogP contribution in [0.1, 0.15) is 16.8 Å². The van der Waals surface area contributed by atoms with Gasteiger partial charge in [0.15, 0.2) is 11.5 Å². The molecule has 2 amide bonds. The average Bonchev–Trinajstić information content (AvgIpc) is 2.72. The van der Waals surface area contributed by atoms with Crippen LogP contribution in [-0.2, 0) is 14.8 Å². The third-order valence-corrected chi connectivity index (χ3v) is 6.05. The second kappa shape index (κ2) is 9.25. The number of halogens is 1. The normalized spacial score (nSPS) is 12.9. The minimum Gasteiger partial charge on any atom is -0.486 e. The van der Waals surface area contributed by atoms with Crippen LogP contribution < -0.4 is 25.0 Å². The Morgan fingerprint density at radius 1 is 1.00 bits per heavy atom. The van der Waals surface area contributed by atoms with Gasteiger partial charge in [0.25, 0.3) is 5.91 Å².